The van der Waals surface area contributed by atoms with Crippen molar-refractivity contribution in [3.8, 4) is 11.4 Å². The van der Waals surface area contributed by atoms with E-state index in [1.165, 1.54) is 17.8 Å². The topological polar surface area (TPSA) is 85.8 Å². The molecule has 0 spiro atoms. The fourth-order valence-electron chi connectivity index (χ4n) is 2.17. The van der Waals surface area contributed by atoms with E-state index < -0.39 is 0 Å². The summed E-state index contributed by atoms with van der Waals surface area (Å²) in [5, 5.41) is 16.3. The number of rotatable bonds is 7. The number of halogens is 1. The Labute approximate surface area is 154 Å². The Bertz CT molecular complexity index is 879. The summed E-state index contributed by atoms with van der Waals surface area (Å²) < 4.78 is 20.8. The summed E-state index contributed by atoms with van der Waals surface area (Å²) in [4.78, 5) is 6.44. The van der Waals surface area contributed by atoms with E-state index in [9.17, 15) is 4.39 Å². The van der Waals surface area contributed by atoms with E-state index in [-0.39, 0.29) is 11.1 Å². The first-order valence-electron chi connectivity index (χ1n) is 8.11. The molecule has 138 valence electrons. The van der Waals surface area contributed by atoms with Crippen molar-refractivity contribution in [1.29, 1.82) is 0 Å². The van der Waals surface area contributed by atoms with E-state index in [0.717, 1.165) is 6.54 Å². The highest BCUT2D eigenvalue weighted by atomic mass is 32.2. The Morgan fingerprint density at radius 1 is 1.35 bits per heavy atom. The Morgan fingerprint density at radius 2 is 2.15 bits per heavy atom. The van der Waals surface area contributed by atoms with Crippen molar-refractivity contribution in [2.45, 2.75) is 30.8 Å². The fourth-order valence-corrected chi connectivity index (χ4v) is 3.02. The van der Waals surface area contributed by atoms with E-state index in [1.807, 2.05) is 21.0 Å². The first-order valence-corrected chi connectivity index (χ1v) is 8.99. The van der Waals surface area contributed by atoms with E-state index in [2.05, 4.69) is 30.6 Å². The third-order valence-electron chi connectivity index (χ3n) is 3.76. The van der Waals surface area contributed by atoms with Gasteiger partial charge in [-0.25, -0.2) is 9.07 Å². The molecular formula is C16H20FN7OS. The molecule has 0 amide bonds. The summed E-state index contributed by atoms with van der Waals surface area (Å²) in [6.07, 6.45) is 0. The minimum absolute atomic E-state index is 0.143. The predicted molar refractivity (Wildman–Crippen MR) is 95.1 cm³/mol. The van der Waals surface area contributed by atoms with Crippen LogP contribution in [0.15, 0.2) is 27.9 Å². The first-order chi connectivity index (χ1) is 12.4. The average molecular weight is 377 g/mol. The zero-order valence-corrected chi connectivity index (χ0v) is 15.9. The minimum Gasteiger partial charge on any atom is -0.338 e. The largest absolute Gasteiger partial charge is 0.338 e. The Hall–Kier alpha value is -2.33. The van der Waals surface area contributed by atoms with Crippen molar-refractivity contribution in [3.05, 3.63) is 35.5 Å². The number of benzene rings is 1. The van der Waals surface area contributed by atoms with Gasteiger partial charge in [0.2, 0.25) is 16.9 Å². The number of tetrazole rings is 1. The van der Waals surface area contributed by atoms with Gasteiger partial charge in [0.1, 0.15) is 5.82 Å². The van der Waals surface area contributed by atoms with Crippen LogP contribution in [-0.2, 0) is 6.54 Å². The summed E-state index contributed by atoms with van der Waals surface area (Å²) in [6.45, 7) is 5.16. The molecule has 1 aromatic carbocycles. The summed E-state index contributed by atoms with van der Waals surface area (Å²) in [7, 11) is 3.99. The highest BCUT2D eigenvalue weighted by Crippen LogP contribution is 2.33. The number of hydrogen-bond acceptors (Lipinski definition) is 8. The number of likely N-dealkylation sites (N-methyl/N-ethyl adjacent to an activating group) is 1. The van der Waals surface area contributed by atoms with Gasteiger partial charge in [-0.2, -0.15) is 4.98 Å². The average Bonchev–Trinajstić information content (AvgIpc) is 3.25. The van der Waals surface area contributed by atoms with E-state index >= 15 is 0 Å². The van der Waals surface area contributed by atoms with Gasteiger partial charge >= 0.3 is 0 Å². The molecule has 3 rings (SSSR count). The molecule has 3 aromatic rings. The number of hydrogen-bond donors (Lipinski definition) is 0. The van der Waals surface area contributed by atoms with Crippen molar-refractivity contribution in [2.75, 3.05) is 20.6 Å². The maximum Gasteiger partial charge on any atom is 0.240 e. The maximum atomic E-state index is 13.7. The van der Waals surface area contributed by atoms with E-state index in [1.54, 1.807) is 23.7 Å². The first kappa shape index (κ1) is 18.5. The highest BCUT2D eigenvalue weighted by molar-refractivity contribution is 7.99. The van der Waals surface area contributed by atoms with Crippen LogP contribution in [0.4, 0.5) is 4.39 Å². The normalized spacial score (nSPS) is 12.7. The van der Waals surface area contributed by atoms with Crippen LogP contribution in [0.1, 0.15) is 23.6 Å². The van der Waals surface area contributed by atoms with Crippen molar-refractivity contribution in [1.82, 2.24) is 35.2 Å². The lowest BCUT2D eigenvalue weighted by Gasteiger charge is -2.10. The van der Waals surface area contributed by atoms with Gasteiger partial charge in [0.25, 0.3) is 0 Å². The zero-order chi connectivity index (χ0) is 18.7. The van der Waals surface area contributed by atoms with Crippen LogP contribution >= 0.6 is 11.8 Å². The van der Waals surface area contributed by atoms with Gasteiger partial charge in [-0.15, -0.1) is 5.10 Å². The summed E-state index contributed by atoms with van der Waals surface area (Å²) >= 11 is 1.43. The fraction of sp³-hybridized carbons (Fsp3) is 0.438. The number of aromatic nitrogens is 6. The lowest BCUT2D eigenvalue weighted by Crippen LogP contribution is -2.19. The number of aryl methyl sites for hydroxylation is 1. The van der Waals surface area contributed by atoms with Gasteiger partial charge in [0.05, 0.1) is 11.8 Å². The van der Waals surface area contributed by atoms with Crippen molar-refractivity contribution < 1.29 is 8.91 Å². The molecule has 8 nitrogen and oxygen atoms in total. The van der Waals surface area contributed by atoms with E-state index in [0.29, 0.717) is 34.5 Å². The van der Waals surface area contributed by atoms with Gasteiger partial charge in [-0.05, 0) is 50.0 Å². The maximum absolute atomic E-state index is 13.7. The van der Waals surface area contributed by atoms with Crippen molar-refractivity contribution in [3.63, 3.8) is 0 Å². The lowest BCUT2D eigenvalue weighted by molar-refractivity contribution is 0.361. The van der Waals surface area contributed by atoms with Gasteiger partial charge in [-0.1, -0.05) is 29.1 Å². The molecule has 1 unspecified atom stereocenters. The van der Waals surface area contributed by atoms with Crippen molar-refractivity contribution in [2.24, 2.45) is 0 Å². The van der Waals surface area contributed by atoms with Gasteiger partial charge < -0.3 is 9.42 Å². The monoisotopic (exact) mass is 377 g/mol. The molecule has 0 fully saturated rings. The van der Waals surface area contributed by atoms with Crippen LogP contribution < -0.4 is 0 Å². The molecule has 10 heteroatoms. The molecule has 2 aromatic heterocycles. The van der Waals surface area contributed by atoms with Gasteiger partial charge in [0.15, 0.2) is 0 Å². The molecule has 0 aliphatic carbocycles. The van der Waals surface area contributed by atoms with Gasteiger partial charge in [0, 0.05) is 12.1 Å². The Morgan fingerprint density at radius 3 is 2.88 bits per heavy atom. The molecule has 0 saturated heterocycles. The summed E-state index contributed by atoms with van der Waals surface area (Å²) in [5.41, 5.74) is 1.15. The second kappa shape index (κ2) is 7.92. The Balaban J connectivity index is 1.71. The number of nitrogens with zero attached hydrogens (tertiary/aromatic N) is 7. The third kappa shape index (κ3) is 4.25. The molecule has 1 atom stereocenters. The molecule has 0 bridgehead atoms. The summed E-state index contributed by atoms with van der Waals surface area (Å²) in [5.74, 6) is 0.503. The summed E-state index contributed by atoms with van der Waals surface area (Å²) in [6, 6.07) is 4.87. The Kier molecular flexibility index (Phi) is 5.62. The lowest BCUT2D eigenvalue weighted by atomic mass is 10.1. The molecule has 26 heavy (non-hydrogen) atoms. The van der Waals surface area contributed by atoms with Crippen LogP contribution in [-0.4, -0.2) is 55.9 Å². The van der Waals surface area contributed by atoms with Gasteiger partial charge in [-0.3, -0.25) is 0 Å². The van der Waals surface area contributed by atoms with Crippen molar-refractivity contribution >= 4 is 11.8 Å². The molecule has 2 heterocycles. The molecule has 0 aliphatic rings. The SMILES string of the molecule is Cc1ccc(-c2noc(C(C)Sc3nnnn3CCN(C)C)n2)cc1F. The smallest absolute Gasteiger partial charge is 0.240 e. The minimum atomic E-state index is -0.295. The molecule has 0 N–H and O–H groups in total. The molecule has 0 aliphatic heterocycles. The predicted octanol–water partition coefficient (Wildman–Crippen LogP) is 2.59. The second-order valence-electron chi connectivity index (χ2n) is 6.17. The van der Waals surface area contributed by atoms with Crippen LogP contribution in [0.5, 0.6) is 0 Å². The second-order valence-corrected chi connectivity index (χ2v) is 7.48. The third-order valence-corrected chi connectivity index (χ3v) is 4.82. The number of thioether (sulfide) groups is 1. The highest BCUT2D eigenvalue weighted by Gasteiger charge is 2.20. The molecular weight excluding hydrogens is 357 g/mol. The molecule has 0 radical (unpaired) electrons. The van der Waals surface area contributed by atoms with Crippen LogP contribution in [0.3, 0.4) is 0 Å². The standard InChI is InChI=1S/C16H20FN7OS/c1-10-5-6-12(9-13(10)17)14-18-15(25-20-14)11(2)26-16-19-21-22-24(16)8-7-23(3)4/h5-6,9,11H,7-8H2,1-4H3. The van der Waals surface area contributed by atoms with Crippen LogP contribution in [0.25, 0.3) is 11.4 Å². The van der Waals surface area contributed by atoms with Crippen LogP contribution in [0, 0.1) is 12.7 Å². The zero-order valence-electron chi connectivity index (χ0n) is 15.0. The molecule has 0 saturated carbocycles. The van der Waals surface area contributed by atoms with E-state index in [4.69, 9.17) is 4.52 Å². The quantitative estimate of drug-likeness (QED) is 0.581. The van der Waals surface area contributed by atoms with Crippen LogP contribution in [0.2, 0.25) is 0 Å².